The summed E-state index contributed by atoms with van der Waals surface area (Å²) in [5, 5.41) is 10.5. The van der Waals surface area contributed by atoms with E-state index in [1.807, 2.05) is 48.6 Å². The van der Waals surface area contributed by atoms with Crippen LogP contribution in [0.5, 0.6) is 0 Å². The second-order valence-electron chi connectivity index (χ2n) is 4.24. The highest BCUT2D eigenvalue weighted by Crippen LogP contribution is 2.13. The van der Waals surface area contributed by atoms with Gasteiger partial charge < -0.3 is 5.73 Å². The molecule has 0 aliphatic heterocycles. The number of allylic oxidation sites excluding steroid dienone is 2. The van der Waals surface area contributed by atoms with E-state index in [0.29, 0.717) is 0 Å². The van der Waals surface area contributed by atoms with Gasteiger partial charge in [0.1, 0.15) is 0 Å². The van der Waals surface area contributed by atoms with E-state index in [0.717, 1.165) is 16.8 Å². The van der Waals surface area contributed by atoms with Crippen LogP contribution in [0.3, 0.4) is 0 Å². The highest BCUT2D eigenvalue weighted by Gasteiger charge is 2.01. The van der Waals surface area contributed by atoms with Crippen molar-refractivity contribution in [2.24, 2.45) is 0 Å². The Bertz CT molecular complexity index is 664. The molecule has 108 valence electrons. The molecule has 0 fully saturated rings. The Morgan fingerprint density at radius 3 is 2.14 bits per heavy atom. The van der Waals surface area contributed by atoms with Crippen LogP contribution >= 0.6 is 12.4 Å². The molecule has 21 heavy (non-hydrogen) atoms. The first kappa shape index (κ1) is 16.5. The topological polar surface area (TPSA) is 69.2 Å². The number of non-ortho nitro benzene ring substituents is 1. The molecule has 4 nitrogen and oxygen atoms in total. The molecule has 0 aliphatic carbocycles. The molecule has 0 radical (unpaired) electrons. The molecule has 0 spiro atoms. The quantitative estimate of drug-likeness (QED) is 0.395. The van der Waals surface area contributed by atoms with Gasteiger partial charge >= 0.3 is 0 Å². The maximum atomic E-state index is 10.5. The number of nitro groups is 1. The van der Waals surface area contributed by atoms with Crippen molar-refractivity contribution in [2.75, 3.05) is 5.73 Å². The van der Waals surface area contributed by atoms with Crippen LogP contribution in [-0.2, 0) is 0 Å². The lowest BCUT2D eigenvalue weighted by Gasteiger charge is -1.94. The molecular weight excluding hydrogens is 288 g/mol. The first-order chi connectivity index (χ1) is 9.65. The number of nitrogens with two attached hydrogens (primary N) is 1. The number of hydrogen-bond acceptors (Lipinski definition) is 3. The van der Waals surface area contributed by atoms with Gasteiger partial charge in [0.25, 0.3) is 5.69 Å². The monoisotopic (exact) mass is 302 g/mol. The summed E-state index contributed by atoms with van der Waals surface area (Å²) in [7, 11) is 0. The molecule has 0 atom stereocenters. The third-order valence-electron chi connectivity index (χ3n) is 2.70. The third-order valence-corrected chi connectivity index (χ3v) is 2.70. The zero-order valence-electron chi connectivity index (χ0n) is 11.2. The molecule has 2 aromatic rings. The minimum Gasteiger partial charge on any atom is -0.399 e. The van der Waals surface area contributed by atoms with Crippen molar-refractivity contribution >= 4 is 35.9 Å². The predicted octanol–water partition coefficient (Wildman–Crippen LogP) is 4.33. The minimum absolute atomic E-state index is 0. The maximum Gasteiger partial charge on any atom is 0.269 e. The fourth-order valence-electron chi connectivity index (χ4n) is 1.70. The largest absolute Gasteiger partial charge is 0.399 e. The standard InChI is InChI=1S/C16H14N2O2.ClH/c17-15-7-3-6-14(12-15)5-2-1-4-13-8-10-16(11-9-13)18(19)20;/h1-12H,17H2;1H/b4-1+,5-2+;. The van der Waals surface area contributed by atoms with Gasteiger partial charge in [-0.2, -0.15) is 0 Å². The van der Waals surface area contributed by atoms with Crippen molar-refractivity contribution in [1.29, 1.82) is 0 Å². The SMILES string of the molecule is Cl.Nc1cccc(/C=C/C=C/c2ccc([N+](=O)[O-])cc2)c1. The Morgan fingerprint density at radius 2 is 1.57 bits per heavy atom. The highest BCUT2D eigenvalue weighted by molar-refractivity contribution is 5.85. The summed E-state index contributed by atoms with van der Waals surface area (Å²) in [5.74, 6) is 0. The summed E-state index contributed by atoms with van der Waals surface area (Å²) < 4.78 is 0. The van der Waals surface area contributed by atoms with Gasteiger partial charge in [-0.3, -0.25) is 10.1 Å². The molecule has 0 bridgehead atoms. The summed E-state index contributed by atoms with van der Waals surface area (Å²) >= 11 is 0. The normalized spacial score (nSPS) is 10.7. The van der Waals surface area contributed by atoms with Crippen molar-refractivity contribution in [3.8, 4) is 0 Å². The van der Waals surface area contributed by atoms with Crippen LogP contribution in [0, 0.1) is 10.1 Å². The maximum absolute atomic E-state index is 10.5. The van der Waals surface area contributed by atoms with E-state index in [1.165, 1.54) is 12.1 Å². The van der Waals surface area contributed by atoms with Gasteiger partial charge in [-0.05, 0) is 35.4 Å². The van der Waals surface area contributed by atoms with Gasteiger partial charge in [-0.25, -0.2) is 0 Å². The average Bonchev–Trinajstić information content (AvgIpc) is 2.44. The third kappa shape index (κ3) is 5.12. The molecule has 2 rings (SSSR count). The highest BCUT2D eigenvalue weighted by atomic mass is 35.5. The summed E-state index contributed by atoms with van der Waals surface area (Å²) in [5.41, 5.74) is 8.44. The van der Waals surface area contributed by atoms with Gasteiger partial charge in [0.15, 0.2) is 0 Å². The number of nitrogens with zero attached hydrogens (tertiary/aromatic N) is 1. The van der Waals surface area contributed by atoms with Crippen LogP contribution in [0.1, 0.15) is 11.1 Å². The van der Waals surface area contributed by atoms with Crippen LogP contribution in [-0.4, -0.2) is 4.92 Å². The first-order valence-corrected chi connectivity index (χ1v) is 6.10. The van der Waals surface area contributed by atoms with E-state index >= 15 is 0 Å². The van der Waals surface area contributed by atoms with E-state index in [4.69, 9.17) is 5.73 Å². The molecular formula is C16H15ClN2O2. The van der Waals surface area contributed by atoms with E-state index in [1.54, 1.807) is 12.1 Å². The van der Waals surface area contributed by atoms with Crippen LogP contribution in [0.25, 0.3) is 12.2 Å². The summed E-state index contributed by atoms with van der Waals surface area (Å²) in [6.45, 7) is 0. The van der Waals surface area contributed by atoms with E-state index in [9.17, 15) is 10.1 Å². The van der Waals surface area contributed by atoms with Crippen molar-refractivity contribution in [1.82, 2.24) is 0 Å². The predicted molar refractivity (Wildman–Crippen MR) is 89.3 cm³/mol. The van der Waals surface area contributed by atoms with Gasteiger partial charge in [-0.1, -0.05) is 36.4 Å². The molecule has 0 unspecified atom stereocenters. The van der Waals surface area contributed by atoms with Crippen LogP contribution in [0.2, 0.25) is 0 Å². The lowest BCUT2D eigenvalue weighted by Crippen LogP contribution is -1.86. The number of benzene rings is 2. The molecule has 2 N–H and O–H groups in total. The molecule has 0 saturated carbocycles. The fraction of sp³-hybridized carbons (Fsp3) is 0. The van der Waals surface area contributed by atoms with Gasteiger partial charge in [0, 0.05) is 17.8 Å². The zero-order valence-corrected chi connectivity index (χ0v) is 12.0. The molecule has 0 amide bonds. The Hall–Kier alpha value is -2.59. The summed E-state index contributed by atoms with van der Waals surface area (Å²) in [6.07, 6.45) is 7.60. The number of anilines is 1. The summed E-state index contributed by atoms with van der Waals surface area (Å²) in [4.78, 5) is 10.1. The lowest BCUT2D eigenvalue weighted by atomic mass is 10.1. The molecule has 0 saturated heterocycles. The molecule has 0 aliphatic rings. The molecule has 2 aromatic carbocycles. The van der Waals surface area contributed by atoms with Gasteiger partial charge in [0.05, 0.1) is 4.92 Å². The number of halogens is 1. The number of rotatable bonds is 4. The van der Waals surface area contributed by atoms with Crippen molar-refractivity contribution in [3.05, 3.63) is 81.9 Å². The Kier molecular flexibility index (Phi) is 6.17. The fourth-order valence-corrected chi connectivity index (χ4v) is 1.70. The Morgan fingerprint density at radius 1 is 0.952 bits per heavy atom. The van der Waals surface area contributed by atoms with Crippen LogP contribution in [0.4, 0.5) is 11.4 Å². The zero-order chi connectivity index (χ0) is 14.4. The average molecular weight is 303 g/mol. The smallest absolute Gasteiger partial charge is 0.269 e. The Labute approximate surface area is 129 Å². The molecule has 5 heteroatoms. The molecule has 0 aromatic heterocycles. The number of nitrogen functional groups attached to an aromatic ring is 1. The van der Waals surface area contributed by atoms with Gasteiger partial charge in [0.2, 0.25) is 0 Å². The van der Waals surface area contributed by atoms with E-state index in [2.05, 4.69) is 0 Å². The minimum atomic E-state index is -0.410. The first-order valence-electron chi connectivity index (χ1n) is 6.10. The van der Waals surface area contributed by atoms with Crippen molar-refractivity contribution < 1.29 is 4.92 Å². The second-order valence-corrected chi connectivity index (χ2v) is 4.24. The van der Waals surface area contributed by atoms with E-state index < -0.39 is 4.92 Å². The number of hydrogen-bond donors (Lipinski definition) is 1. The van der Waals surface area contributed by atoms with Crippen molar-refractivity contribution in [3.63, 3.8) is 0 Å². The van der Waals surface area contributed by atoms with Crippen molar-refractivity contribution in [2.45, 2.75) is 0 Å². The number of nitro benzene ring substituents is 1. The summed E-state index contributed by atoms with van der Waals surface area (Å²) in [6, 6.07) is 14.0. The van der Waals surface area contributed by atoms with Crippen LogP contribution in [0.15, 0.2) is 60.7 Å². The van der Waals surface area contributed by atoms with E-state index in [-0.39, 0.29) is 18.1 Å². The molecule has 0 heterocycles. The lowest BCUT2D eigenvalue weighted by molar-refractivity contribution is -0.384. The van der Waals surface area contributed by atoms with Crippen LogP contribution < -0.4 is 5.73 Å². The second kappa shape index (κ2) is 7.87. The van der Waals surface area contributed by atoms with Gasteiger partial charge in [-0.15, -0.1) is 12.4 Å². The Balaban J connectivity index is 0.00000220.